The molecule has 1 fully saturated rings. The van der Waals surface area contributed by atoms with Crippen LogP contribution in [0.4, 0.5) is 0 Å². The van der Waals surface area contributed by atoms with Gasteiger partial charge in [0.25, 0.3) is 5.91 Å². The van der Waals surface area contributed by atoms with Gasteiger partial charge in [0.2, 0.25) is 0 Å². The van der Waals surface area contributed by atoms with E-state index in [0.29, 0.717) is 17.9 Å². The van der Waals surface area contributed by atoms with E-state index in [1.54, 1.807) is 11.0 Å². The maximum Gasteiger partial charge on any atom is 0.289 e. The Labute approximate surface area is 125 Å². The fraction of sp³-hybridized carbons (Fsp3) is 0.400. The van der Waals surface area contributed by atoms with Gasteiger partial charge in [-0.2, -0.15) is 0 Å². The van der Waals surface area contributed by atoms with Crippen LogP contribution in [0.3, 0.4) is 0 Å². The first-order valence-corrected chi connectivity index (χ1v) is 7.56. The van der Waals surface area contributed by atoms with Gasteiger partial charge in [-0.05, 0) is 46.8 Å². The minimum Gasteiger partial charge on any atom is -0.450 e. The Bertz CT molecular complexity index is 637. The van der Waals surface area contributed by atoms with Crippen LogP contribution in [0.1, 0.15) is 23.4 Å². The SMILES string of the molecule is O=C(c1cc2cccc(Br)c2o1)N1CCCC(CO)C1. The van der Waals surface area contributed by atoms with Crippen LogP contribution < -0.4 is 0 Å². The second kappa shape index (κ2) is 5.58. The molecule has 1 aromatic heterocycles. The molecule has 0 saturated carbocycles. The van der Waals surface area contributed by atoms with Crippen molar-refractivity contribution < 1.29 is 14.3 Å². The molecule has 0 spiro atoms. The molecule has 3 rings (SSSR count). The average Bonchev–Trinajstić information content (AvgIpc) is 2.92. The number of para-hydroxylation sites is 1. The third-order valence-electron chi connectivity index (χ3n) is 3.77. The van der Waals surface area contributed by atoms with Gasteiger partial charge in [0.1, 0.15) is 5.58 Å². The topological polar surface area (TPSA) is 53.7 Å². The zero-order valence-electron chi connectivity index (χ0n) is 11.0. The molecule has 106 valence electrons. The first kappa shape index (κ1) is 13.6. The number of likely N-dealkylation sites (tertiary alicyclic amines) is 1. The highest BCUT2D eigenvalue weighted by Gasteiger charge is 2.26. The van der Waals surface area contributed by atoms with Gasteiger partial charge in [-0.3, -0.25) is 4.79 Å². The van der Waals surface area contributed by atoms with Crippen molar-refractivity contribution in [1.29, 1.82) is 0 Å². The number of benzene rings is 1. The van der Waals surface area contributed by atoms with Crippen molar-refractivity contribution in [3.63, 3.8) is 0 Å². The van der Waals surface area contributed by atoms with Crippen molar-refractivity contribution in [2.24, 2.45) is 5.92 Å². The van der Waals surface area contributed by atoms with Crippen molar-refractivity contribution >= 4 is 32.8 Å². The second-order valence-electron chi connectivity index (χ2n) is 5.21. The van der Waals surface area contributed by atoms with Gasteiger partial charge < -0.3 is 14.4 Å². The minimum atomic E-state index is -0.0914. The number of halogens is 1. The summed E-state index contributed by atoms with van der Waals surface area (Å²) in [6.45, 7) is 1.47. The number of carbonyl (C=O) groups excluding carboxylic acids is 1. The fourth-order valence-corrected chi connectivity index (χ4v) is 3.15. The van der Waals surface area contributed by atoms with Crippen LogP contribution in [0, 0.1) is 5.92 Å². The van der Waals surface area contributed by atoms with Gasteiger partial charge in [-0.15, -0.1) is 0 Å². The molecule has 1 unspecified atom stereocenters. The lowest BCUT2D eigenvalue weighted by Gasteiger charge is -2.31. The fourth-order valence-electron chi connectivity index (χ4n) is 2.69. The first-order chi connectivity index (χ1) is 9.69. The Morgan fingerprint density at radius 1 is 1.50 bits per heavy atom. The minimum absolute atomic E-state index is 0.0914. The molecular weight excluding hydrogens is 322 g/mol. The van der Waals surface area contributed by atoms with E-state index in [1.807, 2.05) is 18.2 Å². The van der Waals surface area contributed by atoms with Crippen molar-refractivity contribution in [3.8, 4) is 0 Å². The summed E-state index contributed by atoms with van der Waals surface area (Å²) in [7, 11) is 0. The highest BCUT2D eigenvalue weighted by molar-refractivity contribution is 9.10. The van der Waals surface area contributed by atoms with Gasteiger partial charge in [-0.25, -0.2) is 0 Å². The van der Waals surface area contributed by atoms with Crippen LogP contribution in [-0.4, -0.2) is 35.6 Å². The quantitative estimate of drug-likeness (QED) is 0.916. The normalized spacial score (nSPS) is 19.5. The molecule has 2 heterocycles. The van der Waals surface area contributed by atoms with Crippen molar-refractivity contribution in [2.75, 3.05) is 19.7 Å². The molecule has 1 atom stereocenters. The van der Waals surface area contributed by atoms with E-state index in [1.165, 1.54) is 0 Å². The molecule has 0 aliphatic carbocycles. The van der Waals surface area contributed by atoms with E-state index in [0.717, 1.165) is 29.2 Å². The molecule has 1 amide bonds. The highest BCUT2D eigenvalue weighted by atomic mass is 79.9. The number of fused-ring (bicyclic) bond motifs is 1. The number of hydrogen-bond acceptors (Lipinski definition) is 3. The number of rotatable bonds is 2. The number of furan rings is 1. The molecule has 1 N–H and O–H groups in total. The lowest BCUT2D eigenvalue weighted by Crippen LogP contribution is -2.40. The standard InChI is InChI=1S/C15H16BrNO3/c16-12-5-1-4-11-7-13(20-14(11)12)15(19)17-6-2-3-10(8-17)9-18/h1,4-5,7,10,18H,2-3,6,8-9H2. The Balaban J connectivity index is 1.86. The summed E-state index contributed by atoms with van der Waals surface area (Å²) in [6, 6.07) is 7.51. The number of hydrogen-bond donors (Lipinski definition) is 1. The van der Waals surface area contributed by atoms with Gasteiger partial charge in [0.15, 0.2) is 5.76 Å². The summed E-state index contributed by atoms with van der Waals surface area (Å²) >= 11 is 3.42. The molecule has 0 bridgehead atoms. The van der Waals surface area contributed by atoms with Crippen molar-refractivity contribution in [2.45, 2.75) is 12.8 Å². The Morgan fingerprint density at radius 3 is 3.10 bits per heavy atom. The van der Waals surface area contributed by atoms with Gasteiger partial charge in [0.05, 0.1) is 4.47 Å². The van der Waals surface area contributed by atoms with Crippen LogP contribution >= 0.6 is 15.9 Å². The van der Waals surface area contributed by atoms with Crippen molar-refractivity contribution in [3.05, 3.63) is 34.5 Å². The average molecular weight is 338 g/mol. The molecular formula is C15H16BrNO3. The Morgan fingerprint density at radius 2 is 2.35 bits per heavy atom. The van der Waals surface area contributed by atoms with Crippen LogP contribution in [0.5, 0.6) is 0 Å². The lowest BCUT2D eigenvalue weighted by molar-refractivity contribution is 0.0592. The van der Waals surface area contributed by atoms with Gasteiger partial charge in [-0.1, -0.05) is 12.1 Å². The van der Waals surface area contributed by atoms with E-state index in [4.69, 9.17) is 4.42 Å². The first-order valence-electron chi connectivity index (χ1n) is 6.77. The van der Waals surface area contributed by atoms with Crippen molar-refractivity contribution in [1.82, 2.24) is 4.90 Å². The van der Waals surface area contributed by atoms with E-state index in [2.05, 4.69) is 15.9 Å². The number of nitrogens with zero attached hydrogens (tertiary/aromatic N) is 1. The van der Waals surface area contributed by atoms with Crippen LogP contribution in [0.2, 0.25) is 0 Å². The van der Waals surface area contributed by atoms with Gasteiger partial charge in [0, 0.05) is 25.1 Å². The molecule has 2 aromatic rings. The summed E-state index contributed by atoms with van der Waals surface area (Å²) in [5, 5.41) is 10.2. The largest absolute Gasteiger partial charge is 0.450 e. The van der Waals surface area contributed by atoms with Crippen LogP contribution in [-0.2, 0) is 0 Å². The molecule has 4 nitrogen and oxygen atoms in total. The zero-order chi connectivity index (χ0) is 14.1. The zero-order valence-corrected chi connectivity index (χ0v) is 12.6. The summed E-state index contributed by atoms with van der Waals surface area (Å²) in [5.74, 6) is 0.459. The van der Waals surface area contributed by atoms with E-state index in [-0.39, 0.29) is 18.4 Å². The summed E-state index contributed by atoms with van der Waals surface area (Å²) in [4.78, 5) is 14.3. The number of aliphatic hydroxyl groups is 1. The molecule has 1 saturated heterocycles. The highest BCUT2D eigenvalue weighted by Crippen LogP contribution is 2.28. The van der Waals surface area contributed by atoms with Gasteiger partial charge >= 0.3 is 0 Å². The predicted octanol–water partition coefficient (Wildman–Crippen LogP) is 3.04. The van der Waals surface area contributed by atoms with E-state index >= 15 is 0 Å². The molecule has 5 heteroatoms. The number of piperidine rings is 1. The maximum atomic E-state index is 12.5. The van der Waals surface area contributed by atoms with E-state index in [9.17, 15) is 9.90 Å². The summed E-state index contributed by atoms with van der Waals surface area (Å²) in [6.07, 6.45) is 1.91. The monoisotopic (exact) mass is 337 g/mol. The van der Waals surface area contributed by atoms with Crippen LogP contribution in [0.15, 0.2) is 33.2 Å². The van der Waals surface area contributed by atoms with E-state index < -0.39 is 0 Å². The smallest absolute Gasteiger partial charge is 0.289 e. The molecule has 20 heavy (non-hydrogen) atoms. The predicted molar refractivity (Wildman–Crippen MR) is 79.6 cm³/mol. The van der Waals surface area contributed by atoms with Crippen LogP contribution in [0.25, 0.3) is 11.0 Å². The summed E-state index contributed by atoms with van der Waals surface area (Å²) < 4.78 is 6.53. The second-order valence-corrected chi connectivity index (χ2v) is 6.07. The lowest BCUT2D eigenvalue weighted by atomic mass is 9.99. The number of aliphatic hydroxyl groups excluding tert-OH is 1. The molecule has 1 aromatic carbocycles. The molecule has 1 aliphatic heterocycles. The third-order valence-corrected chi connectivity index (χ3v) is 4.40. The number of amides is 1. The molecule has 1 aliphatic rings. The number of carbonyl (C=O) groups is 1. The summed E-state index contributed by atoms with van der Waals surface area (Å²) in [5.41, 5.74) is 0.701. The molecule has 0 radical (unpaired) electrons. The Hall–Kier alpha value is -1.33. The maximum absolute atomic E-state index is 12.5. The third kappa shape index (κ3) is 2.47. The Kier molecular flexibility index (Phi) is 3.81.